The van der Waals surface area contributed by atoms with Crippen LogP contribution in [0.5, 0.6) is 0 Å². The molecule has 5 rings (SSSR count). The van der Waals surface area contributed by atoms with Crippen molar-refractivity contribution < 1.29 is 8.42 Å². The molecule has 9 heteroatoms. The van der Waals surface area contributed by atoms with Crippen molar-refractivity contribution in [2.24, 2.45) is 10.7 Å². The van der Waals surface area contributed by atoms with Gasteiger partial charge in [-0.1, -0.05) is 36.4 Å². The number of H-pyrrole nitrogens is 1. The second-order valence-electron chi connectivity index (χ2n) is 7.68. The second kappa shape index (κ2) is 8.18. The molecule has 0 radical (unpaired) electrons. The maximum Gasteiger partial charge on any atom is 0.240 e. The number of fused-ring (bicyclic) bond motifs is 3. The van der Waals surface area contributed by atoms with Gasteiger partial charge in [0.1, 0.15) is 5.84 Å². The van der Waals surface area contributed by atoms with Crippen molar-refractivity contribution >= 4 is 26.8 Å². The summed E-state index contributed by atoms with van der Waals surface area (Å²) in [5, 5.41) is 8.14. The lowest BCUT2D eigenvalue weighted by Gasteiger charge is -2.23. The first-order valence-corrected chi connectivity index (χ1v) is 11.8. The van der Waals surface area contributed by atoms with Crippen LogP contribution in [0.15, 0.2) is 76.9 Å². The van der Waals surface area contributed by atoms with Crippen molar-refractivity contribution in [1.82, 2.24) is 19.9 Å². The molecule has 1 aliphatic rings. The van der Waals surface area contributed by atoms with Gasteiger partial charge in [-0.3, -0.25) is 15.1 Å². The topological polar surface area (TPSA) is 126 Å². The molecule has 4 N–H and O–H groups in total. The number of sulfonamides is 1. The van der Waals surface area contributed by atoms with Crippen LogP contribution in [-0.4, -0.2) is 42.0 Å². The van der Waals surface area contributed by atoms with Gasteiger partial charge in [0.15, 0.2) is 0 Å². The number of aromatic nitrogens is 3. The summed E-state index contributed by atoms with van der Waals surface area (Å²) in [6, 6.07) is 16.1. The van der Waals surface area contributed by atoms with Gasteiger partial charge in [0.2, 0.25) is 10.0 Å². The van der Waals surface area contributed by atoms with Gasteiger partial charge >= 0.3 is 0 Å². The molecule has 0 amide bonds. The molecule has 0 saturated heterocycles. The highest BCUT2D eigenvalue weighted by atomic mass is 32.2. The maximum atomic E-state index is 12.5. The van der Waals surface area contributed by atoms with Crippen LogP contribution in [0.2, 0.25) is 0 Å². The Morgan fingerprint density at radius 1 is 1.06 bits per heavy atom. The molecule has 2 aromatic heterocycles. The molecule has 0 bridgehead atoms. The number of pyridine rings is 1. The number of amidine groups is 1. The highest BCUT2D eigenvalue weighted by Gasteiger charge is 2.24. The average molecular weight is 447 g/mol. The van der Waals surface area contributed by atoms with Crippen molar-refractivity contribution in [3.8, 4) is 11.3 Å². The molecule has 3 heterocycles. The molecule has 0 fully saturated rings. The largest absolute Gasteiger partial charge is 0.383 e. The van der Waals surface area contributed by atoms with Gasteiger partial charge in [0.05, 0.1) is 22.1 Å². The van der Waals surface area contributed by atoms with E-state index in [4.69, 9.17) is 5.73 Å². The molecule has 32 heavy (non-hydrogen) atoms. The molecule has 0 aliphatic carbocycles. The quantitative estimate of drug-likeness (QED) is 0.420. The predicted octanol–water partition coefficient (Wildman–Crippen LogP) is 2.62. The first-order valence-electron chi connectivity index (χ1n) is 10.3. The third-order valence-electron chi connectivity index (χ3n) is 5.65. The third kappa shape index (κ3) is 3.76. The van der Waals surface area contributed by atoms with E-state index in [9.17, 15) is 8.42 Å². The molecular weight excluding hydrogens is 424 g/mol. The molecule has 1 atom stereocenters. The van der Waals surface area contributed by atoms with Gasteiger partial charge in [-0.25, -0.2) is 13.1 Å². The summed E-state index contributed by atoms with van der Waals surface area (Å²) in [4.78, 5) is 9.49. The van der Waals surface area contributed by atoms with Crippen LogP contribution in [0.1, 0.15) is 17.5 Å². The number of nitrogens with zero attached hydrogens (tertiary/aromatic N) is 3. The highest BCUT2D eigenvalue weighted by Crippen LogP contribution is 2.32. The fourth-order valence-electron chi connectivity index (χ4n) is 4.09. The minimum absolute atomic E-state index is 0.124. The van der Waals surface area contributed by atoms with Crippen LogP contribution in [0, 0.1) is 0 Å². The van der Waals surface area contributed by atoms with Crippen LogP contribution < -0.4 is 10.5 Å². The molecule has 8 nitrogen and oxygen atoms in total. The van der Waals surface area contributed by atoms with Crippen molar-refractivity contribution in [2.75, 3.05) is 6.54 Å². The average Bonchev–Trinajstić information content (AvgIpc) is 3.34. The van der Waals surface area contributed by atoms with Crippen molar-refractivity contribution in [3.05, 3.63) is 78.1 Å². The Hall–Kier alpha value is -3.56. The van der Waals surface area contributed by atoms with E-state index in [0.29, 0.717) is 18.7 Å². The Labute approximate surface area is 185 Å². The van der Waals surface area contributed by atoms with Gasteiger partial charge in [-0.2, -0.15) is 5.10 Å². The van der Waals surface area contributed by atoms with Crippen molar-refractivity contribution in [3.63, 3.8) is 0 Å². The van der Waals surface area contributed by atoms with Gasteiger partial charge in [0, 0.05) is 35.5 Å². The molecule has 2 aromatic carbocycles. The molecule has 4 aromatic rings. The summed E-state index contributed by atoms with van der Waals surface area (Å²) in [5.41, 5.74) is 10.8. The van der Waals surface area contributed by atoms with Crippen molar-refractivity contribution in [1.29, 1.82) is 0 Å². The summed E-state index contributed by atoms with van der Waals surface area (Å²) in [7, 11) is -3.55. The van der Waals surface area contributed by atoms with Gasteiger partial charge in [-0.15, -0.1) is 0 Å². The number of hydrogen-bond acceptors (Lipinski definition) is 6. The first kappa shape index (κ1) is 20.3. The summed E-state index contributed by atoms with van der Waals surface area (Å²) >= 11 is 0. The predicted molar refractivity (Wildman–Crippen MR) is 124 cm³/mol. The number of rotatable bonds is 6. The summed E-state index contributed by atoms with van der Waals surface area (Å²) < 4.78 is 27.6. The van der Waals surface area contributed by atoms with Crippen LogP contribution >= 0.6 is 0 Å². The number of nitrogens with one attached hydrogen (secondary N) is 2. The summed E-state index contributed by atoms with van der Waals surface area (Å²) in [5.74, 6) is 0.432. The lowest BCUT2D eigenvalue weighted by atomic mass is 9.91. The number of nitrogens with two attached hydrogens (primary N) is 1. The zero-order chi connectivity index (χ0) is 22.1. The molecule has 1 unspecified atom stereocenters. The van der Waals surface area contributed by atoms with E-state index in [-0.39, 0.29) is 17.5 Å². The van der Waals surface area contributed by atoms with E-state index < -0.39 is 10.0 Å². The van der Waals surface area contributed by atoms with E-state index in [1.54, 1.807) is 42.7 Å². The van der Waals surface area contributed by atoms with Crippen LogP contribution in [0.3, 0.4) is 0 Å². The number of para-hydroxylation sites is 1. The molecular formula is C23H22N6O2S. The van der Waals surface area contributed by atoms with Gasteiger partial charge < -0.3 is 5.73 Å². The lowest BCUT2D eigenvalue weighted by molar-refractivity contribution is 0.561. The lowest BCUT2D eigenvalue weighted by Crippen LogP contribution is -2.31. The Morgan fingerprint density at radius 3 is 2.69 bits per heavy atom. The highest BCUT2D eigenvalue weighted by molar-refractivity contribution is 7.89. The zero-order valence-electron chi connectivity index (χ0n) is 17.2. The number of aromatic amines is 1. The standard InChI is InChI=1S/C23H22N6O2S/c24-23-20-14-25-22-17(7-4-8-18(22)21-10-11-26-29-21)19(20)13-15(28-23)9-12-27-32(30,31)16-5-2-1-3-6-16/h1-8,10-11,14-15,27H,9,12-13H2,(H2,24,28)(H,26,29). The SMILES string of the molecule is NC1=NC(CCNS(=O)(=O)c2ccccc2)Cc2c1cnc1c(-c3cc[nH]n3)cccc21. The van der Waals surface area contributed by atoms with E-state index in [2.05, 4.69) is 24.9 Å². The monoisotopic (exact) mass is 446 g/mol. The molecule has 1 aliphatic heterocycles. The number of benzene rings is 2. The van der Waals surface area contributed by atoms with Gasteiger partial charge in [-0.05, 0) is 36.6 Å². The van der Waals surface area contributed by atoms with E-state index in [1.165, 1.54) is 0 Å². The van der Waals surface area contributed by atoms with Crippen LogP contribution in [0.25, 0.3) is 22.2 Å². The maximum absolute atomic E-state index is 12.5. The molecule has 162 valence electrons. The number of hydrogen-bond donors (Lipinski definition) is 3. The smallest absolute Gasteiger partial charge is 0.240 e. The Bertz CT molecular complexity index is 1400. The fraction of sp³-hybridized carbons (Fsp3) is 0.174. The minimum Gasteiger partial charge on any atom is -0.383 e. The Morgan fingerprint density at radius 2 is 1.91 bits per heavy atom. The van der Waals surface area contributed by atoms with Gasteiger partial charge in [0.25, 0.3) is 0 Å². The van der Waals surface area contributed by atoms with E-state index >= 15 is 0 Å². The fourth-order valence-corrected chi connectivity index (χ4v) is 5.16. The summed E-state index contributed by atoms with van der Waals surface area (Å²) in [6.07, 6.45) is 4.74. The number of aliphatic imine (C=N–C) groups is 1. The Balaban J connectivity index is 1.39. The molecule has 0 spiro atoms. The van der Waals surface area contributed by atoms with E-state index in [0.717, 1.165) is 33.3 Å². The first-order chi connectivity index (χ1) is 15.5. The summed E-state index contributed by atoms with van der Waals surface area (Å²) in [6.45, 7) is 0.273. The Kier molecular flexibility index (Phi) is 5.20. The zero-order valence-corrected chi connectivity index (χ0v) is 18.0. The van der Waals surface area contributed by atoms with Crippen LogP contribution in [0.4, 0.5) is 0 Å². The van der Waals surface area contributed by atoms with E-state index in [1.807, 2.05) is 24.3 Å². The molecule has 0 saturated carbocycles. The minimum atomic E-state index is -3.55. The normalized spacial score (nSPS) is 16.0. The van der Waals surface area contributed by atoms with Crippen molar-refractivity contribution in [2.45, 2.75) is 23.8 Å². The second-order valence-corrected chi connectivity index (χ2v) is 9.45. The van der Waals surface area contributed by atoms with Crippen LogP contribution in [-0.2, 0) is 16.4 Å². The third-order valence-corrected chi connectivity index (χ3v) is 7.12.